The average molecular weight is 518 g/mol. The Kier molecular flexibility index (Phi) is 7.03. The van der Waals surface area contributed by atoms with Crippen molar-refractivity contribution in [1.82, 2.24) is 19.9 Å². The first kappa shape index (κ1) is 25.3. The van der Waals surface area contributed by atoms with Gasteiger partial charge in [-0.15, -0.1) is 11.3 Å². The first-order chi connectivity index (χ1) is 16.4. The van der Waals surface area contributed by atoms with Gasteiger partial charge in [0.15, 0.2) is 0 Å². The largest absolute Gasteiger partial charge is 0.446 e. The first-order valence-corrected chi connectivity index (χ1v) is 13.8. The third-order valence-electron chi connectivity index (χ3n) is 5.95. The first-order valence-electron chi connectivity index (χ1n) is 11.5. The molecular formula is C24H31N5O4S2. The highest BCUT2D eigenvalue weighted by Crippen LogP contribution is 2.41. The van der Waals surface area contributed by atoms with Crippen LogP contribution in [0.25, 0.3) is 21.6 Å². The highest BCUT2D eigenvalue weighted by molar-refractivity contribution is 7.89. The van der Waals surface area contributed by atoms with Crippen molar-refractivity contribution in [2.75, 3.05) is 0 Å². The van der Waals surface area contributed by atoms with E-state index in [0.29, 0.717) is 5.56 Å². The lowest BCUT2D eigenvalue weighted by atomic mass is 9.88. The number of nitrogens with one attached hydrogen (secondary N) is 2. The molecule has 188 valence electrons. The smallest absolute Gasteiger partial charge is 0.404 e. The van der Waals surface area contributed by atoms with Crippen LogP contribution in [0.4, 0.5) is 4.79 Å². The van der Waals surface area contributed by atoms with Crippen LogP contribution in [0.1, 0.15) is 63.1 Å². The lowest BCUT2D eigenvalue weighted by Gasteiger charge is -2.26. The van der Waals surface area contributed by atoms with Crippen LogP contribution in [0.5, 0.6) is 0 Å². The normalized spacial score (nSPS) is 19.0. The molecule has 1 aliphatic rings. The molecule has 1 fully saturated rings. The molecule has 1 amide bonds. The van der Waals surface area contributed by atoms with E-state index in [1.807, 2.05) is 39.8 Å². The van der Waals surface area contributed by atoms with Gasteiger partial charge in [0.05, 0.1) is 21.0 Å². The van der Waals surface area contributed by atoms with E-state index in [4.69, 9.17) is 10.5 Å². The van der Waals surface area contributed by atoms with Gasteiger partial charge in [-0.3, -0.25) is 5.10 Å². The second-order valence-corrected chi connectivity index (χ2v) is 12.7. The van der Waals surface area contributed by atoms with Crippen LogP contribution in [0.15, 0.2) is 35.5 Å². The van der Waals surface area contributed by atoms with Crippen molar-refractivity contribution < 1.29 is 17.9 Å². The number of benzene rings is 1. The predicted octanol–water partition coefficient (Wildman–Crippen LogP) is 4.71. The fourth-order valence-corrected chi connectivity index (χ4v) is 7.27. The third kappa shape index (κ3) is 5.91. The van der Waals surface area contributed by atoms with Crippen molar-refractivity contribution in [2.45, 2.75) is 75.8 Å². The summed E-state index contributed by atoms with van der Waals surface area (Å²) in [4.78, 5) is 16.7. The minimum Gasteiger partial charge on any atom is -0.446 e. The van der Waals surface area contributed by atoms with E-state index >= 15 is 0 Å². The molecule has 0 saturated heterocycles. The highest BCUT2D eigenvalue weighted by atomic mass is 32.2. The number of carbonyl (C=O) groups is 1. The molecule has 0 radical (unpaired) electrons. The molecular weight excluding hydrogens is 486 g/mol. The van der Waals surface area contributed by atoms with Gasteiger partial charge in [-0.05, 0) is 65.0 Å². The summed E-state index contributed by atoms with van der Waals surface area (Å²) in [6.45, 7) is 7.35. The van der Waals surface area contributed by atoms with E-state index in [0.717, 1.165) is 52.4 Å². The Bertz CT molecular complexity index is 1320. The van der Waals surface area contributed by atoms with E-state index in [2.05, 4.69) is 19.9 Å². The third-order valence-corrected chi connectivity index (χ3v) is 8.94. The zero-order valence-corrected chi connectivity index (χ0v) is 21.9. The Balaban J connectivity index is 1.68. The van der Waals surface area contributed by atoms with Crippen molar-refractivity contribution in [2.24, 2.45) is 5.73 Å². The van der Waals surface area contributed by atoms with Gasteiger partial charge in [0, 0.05) is 34.5 Å². The van der Waals surface area contributed by atoms with Crippen LogP contribution in [0.2, 0.25) is 0 Å². The van der Waals surface area contributed by atoms with Gasteiger partial charge in [-0.25, -0.2) is 22.9 Å². The topological polar surface area (TPSA) is 140 Å². The van der Waals surface area contributed by atoms with Crippen LogP contribution >= 0.6 is 11.3 Å². The summed E-state index contributed by atoms with van der Waals surface area (Å²) in [5, 5.41) is 7.94. The summed E-state index contributed by atoms with van der Waals surface area (Å²) in [7, 11) is -3.82. The van der Waals surface area contributed by atoms with Crippen LogP contribution in [-0.4, -0.2) is 41.3 Å². The van der Waals surface area contributed by atoms with Gasteiger partial charge in [0.25, 0.3) is 0 Å². The molecule has 2 heterocycles. The maximum Gasteiger partial charge on any atom is 0.404 e. The number of carbonyl (C=O) groups excluding carboxylic acids is 1. The Morgan fingerprint density at radius 3 is 2.49 bits per heavy atom. The number of ether oxygens (including phenoxy) is 1. The number of hydrogen-bond acceptors (Lipinski definition) is 7. The van der Waals surface area contributed by atoms with Crippen molar-refractivity contribution in [3.05, 3.63) is 41.3 Å². The molecule has 4 rings (SSSR count). The fraction of sp³-hybridized carbons (Fsp3) is 0.458. The van der Waals surface area contributed by atoms with Gasteiger partial charge in [-0.1, -0.05) is 12.1 Å². The van der Waals surface area contributed by atoms with Gasteiger partial charge in [-0.2, -0.15) is 5.10 Å². The number of primary amides is 1. The number of aromatic amines is 1. The van der Waals surface area contributed by atoms with E-state index in [-0.39, 0.29) is 16.9 Å². The maximum absolute atomic E-state index is 13.5. The number of amides is 1. The van der Waals surface area contributed by atoms with Crippen LogP contribution in [0, 0.1) is 6.92 Å². The number of aromatic nitrogens is 3. The Morgan fingerprint density at radius 1 is 1.17 bits per heavy atom. The van der Waals surface area contributed by atoms with Gasteiger partial charge < -0.3 is 10.5 Å². The molecule has 9 nitrogen and oxygen atoms in total. The lowest BCUT2D eigenvalue weighted by Crippen LogP contribution is -2.40. The molecule has 1 aliphatic carbocycles. The Morgan fingerprint density at radius 2 is 1.89 bits per heavy atom. The van der Waals surface area contributed by atoms with E-state index in [1.165, 1.54) is 11.3 Å². The van der Waals surface area contributed by atoms with Crippen molar-refractivity contribution in [3.63, 3.8) is 0 Å². The van der Waals surface area contributed by atoms with Gasteiger partial charge in [0.2, 0.25) is 10.0 Å². The van der Waals surface area contributed by atoms with Crippen LogP contribution in [0.3, 0.4) is 0 Å². The maximum atomic E-state index is 13.5. The molecule has 0 spiro atoms. The summed E-state index contributed by atoms with van der Waals surface area (Å²) in [6, 6.07) is 5.45. The Hall–Kier alpha value is -2.76. The van der Waals surface area contributed by atoms with Crippen molar-refractivity contribution in [1.29, 1.82) is 0 Å². The quantitative estimate of drug-likeness (QED) is 0.433. The standard InChI is InChI=1S/C24H31N5O4S2/c1-14-19(12-27-28-14)16-7-10-18(21(11-16)35(31,32)29-24(2,3)4)20-13-26-22(34-20)15-5-8-17(9-6-15)33-23(25)30/h7,10-13,15,17,29H,5-6,8-9H2,1-4H3,(H2,25,30)(H,27,28). The zero-order valence-electron chi connectivity index (χ0n) is 20.3. The van der Waals surface area contributed by atoms with Gasteiger partial charge >= 0.3 is 6.09 Å². The number of sulfonamides is 1. The summed E-state index contributed by atoms with van der Waals surface area (Å²) in [5.74, 6) is 0.238. The van der Waals surface area contributed by atoms with E-state index < -0.39 is 21.7 Å². The van der Waals surface area contributed by atoms with Crippen LogP contribution < -0.4 is 10.5 Å². The fourth-order valence-electron chi connectivity index (χ4n) is 4.41. The second kappa shape index (κ2) is 9.71. The van der Waals surface area contributed by atoms with E-state index in [1.54, 1.807) is 18.5 Å². The molecule has 1 aromatic carbocycles. The second-order valence-electron chi connectivity index (χ2n) is 9.95. The summed E-state index contributed by atoms with van der Waals surface area (Å²) in [6.07, 6.45) is 5.69. The summed E-state index contributed by atoms with van der Waals surface area (Å²) >= 11 is 1.51. The summed E-state index contributed by atoms with van der Waals surface area (Å²) in [5.41, 5.74) is 7.60. The van der Waals surface area contributed by atoms with Crippen molar-refractivity contribution in [3.8, 4) is 21.6 Å². The SMILES string of the molecule is Cc1[nH]ncc1-c1ccc(-c2cnc(C3CCC(OC(N)=O)CC3)s2)c(S(=O)(=O)NC(C)(C)C)c1. The monoisotopic (exact) mass is 517 g/mol. The molecule has 1 saturated carbocycles. The number of nitrogens with zero attached hydrogens (tertiary/aromatic N) is 2. The highest BCUT2D eigenvalue weighted by Gasteiger charge is 2.29. The number of rotatable bonds is 6. The minimum atomic E-state index is -3.82. The van der Waals surface area contributed by atoms with E-state index in [9.17, 15) is 13.2 Å². The minimum absolute atomic E-state index is 0.151. The number of thiazole rings is 1. The van der Waals surface area contributed by atoms with Crippen molar-refractivity contribution >= 4 is 27.5 Å². The molecule has 0 aliphatic heterocycles. The molecule has 4 N–H and O–H groups in total. The predicted molar refractivity (Wildman–Crippen MR) is 136 cm³/mol. The summed E-state index contributed by atoms with van der Waals surface area (Å²) < 4.78 is 34.9. The number of H-pyrrole nitrogens is 1. The molecule has 0 bridgehead atoms. The lowest BCUT2D eigenvalue weighted by molar-refractivity contribution is 0.0787. The molecule has 35 heavy (non-hydrogen) atoms. The molecule has 2 aromatic heterocycles. The zero-order chi connectivity index (χ0) is 25.4. The molecule has 11 heteroatoms. The Labute approximate surface area is 209 Å². The van der Waals surface area contributed by atoms with Gasteiger partial charge in [0.1, 0.15) is 6.10 Å². The van der Waals surface area contributed by atoms with Crippen LogP contribution in [-0.2, 0) is 14.8 Å². The molecule has 3 aromatic rings. The number of hydrogen-bond donors (Lipinski definition) is 3. The number of nitrogens with two attached hydrogens (primary N) is 1. The average Bonchev–Trinajstić information content (AvgIpc) is 3.41. The molecule has 0 atom stereocenters. The number of aryl methyl sites for hydroxylation is 1. The molecule has 0 unspecified atom stereocenters.